The van der Waals surface area contributed by atoms with Crippen LogP contribution in [0.2, 0.25) is 5.02 Å². The van der Waals surface area contributed by atoms with E-state index in [1.165, 1.54) is 0 Å². The Hall–Kier alpha value is -2.34. The minimum Gasteiger partial charge on any atom is -0.474 e. The van der Waals surface area contributed by atoms with Gasteiger partial charge in [-0.25, -0.2) is 9.78 Å². The molecule has 0 unspecified atom stereocenters. The van der Waals surface area contributed by atoms with E-state index >= 15 is 0 Å². The van der Waals surface area contributed by atoms with Crippen LogP contribution < -0.4 is 10.1 Å². The van der Waals surface area contributed by atoms with Gasteiger partial charge >= 0.3 is 6.03 Å². The van der Waals surface area contributed by atoms with Crippen LogP contribution in [0.3, 0.4) is 0 Å². The molecule has 6 nitrogen and oxygen atoms in total. The van der Waals surface area contributed by atoms with E-state index in [0.29, 0.717) is 35.5 Å². The van der Waals surface area contributed by atoms with Crippen molar-refractivity contribution in [3.8, 4) is 5.88 Å². The number of para-hydroxylation sites is 1. The molecule has 1 fully saturated rings. The summed E-state index contributed by atoms with van der Waals surface area (Å²) in [6, 6.07) is 8.91. The second-order valence-corrected chi connectivity index (χ2v) is 6.52. The molecule has 1 saturated heterocycles. The number of aryl methyl sites for hydroxylation is 2. The molecule has 0 radical (unpaired) electrons. The summed E-state index contributed by atoms with van der Waals surface area (Å²) in [4.78, 5) is 22.7. The summed E-state index contributed by atoms with van der Waals surface area (Å²) in [5.41, 5.74) is 1.51. The summed E-state index contributed by atoms with van der Waals surface area (Å²) >= 11 is 6.08. The molecule has 132 valence electrons. The van der Waals surface area contributed by atoms with Gasteiger partial charge in [0.2, 0.25) is 5.88 Å². The SMILES string of the molecule is Cc1cc(OC2CCN(C(=O)Nc3ccccc3Cl)CC2)nc(C)n1. The van der Waals surface area contributed by atoms with E-state index in [1.807, 2.05) is 32.0 Å². The molecule has 3 rings (SSSR count). The fraction of sp³-hybridized carbons (Fsp3) is 0.389. The Bertz CT molecular complexity index is 740. The molecule has 25 heavy (non-hydrogen) atoms. The van der Waals surface area contributed by atoms with Crippen molar-refractivity contribution < 1.29 is 9.53 Å². The first-order valence-corrected chi connectivity index (χ1v) is 8.68. The van der Waals surface area contributed by atoms with Crippen LogP contribution in [0.15, 0.2) is 30.3 Å². The summed E-state index contributed by atoms with van der Waals surface area (Å²) < 4.78 is 5.95. The number of likely N-dealkylation sites (tertiary alicyclic amines) is 1. The summed E-state index contributed by atoms with van der Waals surface area (Å²) in [6.07, 6.45) is 1.58. The van der Waals surface area contributed by atoms with Gasteiger partial charge in [0, 0.05) is 37.7 Å². The Morgan fingerprint density at radius 1 is 1.24 bits per heavy atom. The second-order valence-electron chi connectivity index (χ2n) is 6.11. The third-order valence-corrected chi connectivity index (χ3v) is 4.40. The molecule has 0 aliphatic carbocycles. The number of nitrogens with zero attached hydrogens (tertiary/aromatic N) is 3. The number of carbonyl (C=O) groups is 1. The van der Waals surface area contributed by atoms with E-state index in [2.05, 4.69) is 15.3 Å². The molecule has 1 N–H and O–H groups in total. The molecular formula is C18H21ClN4O2. The summed E-state index contributed by atoms with van der Waals surface area (Å²) in [5.74, 6) is 1.30. The van der Waals surface area contributed by atoms with Gasteiger partial charge in [-0.2, -0.15) is 4.98 Å². The van der Waals surface area contributed by atoms with Gasteiger partial charge in [0.15, 0.2) is 0 Å². The normalized spacial score (nSPS) is 15.1. The minimum absolute atomic E-state index is 0.0538. The zero-order chi connectivity index (χ0) is 17.8. The van der Waals surface area contributed by atoms with Gasteiger partial charge in [-0.3, -0.25) is 0 Å². The van der Waals surface area contributed by atoms with Gasteiger partial charge in [0.1, 0.15) is 11.9 Å². The number of ether oxygens (including phenoxy) is 1. The summed E-state index contributed by atoms with van der Waals surface area (Å²) in [7, 11) is 0. The molecule has 0 spiro atoms. The molecule has 1 aromatic carbocycles. The average Bonchev–Trinajstić information content (AvgIpc) is 2.56. The Kier molecular flexibility index (Phi) is 5.38. The van der Waals surface area contributed by atoms with Crippen LogP contribution in [0.5, 0.6) is 5.88 Å². The Morgan fingerprint density at radius 2 is 1.96 bits per heavy atom. The monoisotopic (exact) mass is 360 g/mol. The molecular weight excluding hydrogens is 340 g/mol. The van der Waals surface area contributed by atoms with E-state index < -0.39 is 0 Å². The number of carbonyl (C=O) groups excluding carboxylic acids is 1. The zero-order valence-electron chi connectivity index (χ0n) is 14.3. The number of nitrogens with one attached hydrogen (secondary N) is 1. The average molecular weight is 361 g/mol. The fourth-order valence-corrected chi connectivity index (χ4v) is 3.03. The number of rotatable bonds is 3. The second kappa shape index (κ2) is 7.70. The van der Waals surface area contributed by atoms with E-state index in [4.69, 9.17) is 16.3 Å². The number of hydrogen-bond acceptors (Lipinski definition) is 4. The number of hydrogen-bond donors (Lipinski definition) is 1. The molecule has 0 bridgehead atoms. The maximum atomic E-state index is 12.4. The highest BCUT2D eigenvalue weighted by atomic mass is 35.5. The molecule has 0 saturated carbocycles. The molecule has 1 aliphatic heterocycles. The van der Waals surface area contributed by atoms with Crippen molar-refractivity contribution in [2.24, 2.45) is 0 Å². The van der Waals surface area contributed by atoms with Crippen molar-refractivity contribution in [2.45, 2.75) is 32.8 Å². The zero-order valence-corrected chi connectivity index (χ0v) is 15.1. The van der Waals surface area contributed by atoms with Crippen molar-refractivity contribution in [3.63, 3.8) is 0 Å². The number of urea groups is 1. The van der Waals surface area contributed by atoms with Crippen molar-refractivity contribution in [2.75, 3.05) is 18.4 Å². The topological polar surface area (TPSA) is 67.3 Å². The highest BCUT2D eigenvalue weighted by Gasteiger charge is 2.24. The van der Waals surface area contributed by atoms with E-state index in [0.717, 1.165) is 18.5 Å². The number of piperidine rings is 1. The summed E-state index contributed by atoms with van der Waals surface area (Å²) in [6.45, 7) is 5.03. The smallest absolute Gasteiger partial charge is 0.321 e. The predicted octanol–water partition coefficient (Wildman–Crippen LogP) is 3.82. The van der Waals surface area contributed by atoms with Crippen LogP contribution in [0.25, 0.3) is 0 Å². The van der Waals surface area contributed by atoms with Crippen LogP contribution in [-0.2, 0) is 0 Å². The van der Waals surface area contributed by atoms with Crippen molar-refractivity contribution in [1.82, 2.24) is 14.9 Å². The number of benzene rings is 1. The quantitative estimate of drug-likeness (QED) is 0.903. The van der Waals surface area contributed by atoms with Crippen LogP contribution in [-0.4, -0.2) is 40.1 Å². The van der Waals surface area contributed by atoms with Gasteiger partial charge in [0.05, 0.1) is 10.7 Å². The van der Waals surface area contributed by atoms with Gasteiger partial charge in [0.25, 0.3) is 0 Å². The molecule has 2 heterocycles. The molecule has 1 aromatic heterocycles. The Balaban J connectivity index is 1.53. The third kappa shape index (κ3) is 4.60. The number of aromatic nitrogens is 2. The minimum atomic E-state index is -0.139. The van der Waals surface area contributed by atoms with E-state index in [9.17, 15) is 4.79 Å². The molecule has 2 aromatic rings. The van der Waals surface area contributed by atoms with Crippen molar-refractivity contribution >= 4 is 23.3 Å². The van der Waals surface area contributed by atoms with Gasteiger partial charge in [-0.05, 0) is 26.0 Å². The van der Waals surface area contributed by atoms with Gasteiger partial charge in [-0.1, -0.05) is 23.7 Å². The molecule has 1 aliphatic rings. The highest BCUT2D eigenvalue weighted by Crippen LogP contribution is 2.22. The van der Waals surface area contributed by atoms with Crippen LogP contribution in [0.1, 0.15) is 24.4 Å². The van der Waals surface area contributed by atoms with Gasteiger partial charge < -0.3 is 15.0 Å². The lowest BCUT2D eigenvalue weighted by Gasteiger charge is -2.32. The first-order chi connectivity index (χ1) is 12.0. The lowest BCUT2D eigenvalue weighted by Crippen LogP contribution is -2.43. The lowest BCUT2D eigenvalue weighted by molar-refractivity contribution is 0.111. The van der Waals surface area contributed by atoms with Crippen molar-refractivity contribution in [3.05, 3.63) is 46.9 Å². The maximum absolute atomic E-state index is 12.4. The number of amides is 2. The van der Waals surface area contributed by atoms with E-state index in [-0.39, 0.29) is 12.1 Å². The van der Waals surface area contributed by atoms with Crippen LogP contribution in [0, 0.1) is 13.8 Å². The number of halogens is 1. The first-order valence-electron chi connectivity index (χ1n) is 8.30. The van der Waals surface area contributed by atoms with E-state index in [1.54, 1.807) is 17.0 Å². The molecule has 0 atom stereocenters. The largest absolute Gasteiger partial charge is 0.474 e. The standard InChI is InChI=1S/C18H21ClN4O2/c1-12-11-17(21-13(2)20-12)25-14-7-9-23(10-8-14)18(24)22-16-6-4-3-5-15(16)19/h3-6,11,14H,7-10H2,1-2H3,(H,22,24). The Morgan fingerprint density at radius 3 is 2.64 bits per heavy atom. The molecule has 2 amide bonds. The lowest BCUT2D eigenvalue weighted by atomic mass is 10.1. The maximum Gasteiger partial charge on any atom is 0.321 e. The predicted molar refractivity (Wildman–Crippen MR) is 97.2 cm³/mol. The van der Waals surface area contributed by atoms with Crippen molar-refractivity contribution in [1.29, 1.82) is 0 Å². The van der Waals surface area contributed by atoms with Crippen LogP contribution >= 0.6 is 11.6 Å². The van der Waals surface area contributed by atoms with Gasteiger partial charge in [-0.15, -0.1) is 0 Å². The van der Waals surface area contributed by atoms with Crippen LogP contribution in [0.4, 0.5) is 10.5 Å². The summed E-state index contributed by atoms with van der Waals surface area (Å²) in [5, 5.41) is 3.38. The number of anilines is 1. The fourth-order valence-electron chi connectivity index (χ4n) is 2.85. The first kappa shape index (κ1) is 17.5. The molecule has 7 heteroatoms. The third-order valence-electron chi connectivity index (χ3n) is 4.07. The Labute approximate surface area is 152 Å². The highest BCUT2D eigenvalue weighted by molar-refractivity contribution is 6.33.